The van der Waals surface area contributed by atoms with Crippen molar-refractivity contribution < 1.29 is 14.7 Å². The second-order valence-corrected chi connectivity index (χ2v) is 6.44. The van der Waals surface area contributed by atoms with E-state index < -0.39 is 12.0 Å². The number of para-hydroxylation sites is 1. The lowest BCUT2D eigenvalue weighted by Gasteiger charge is -2.28. The molecule has 0 aromatic heterocycles. The van der Waals surface area contributed by atoms with Gasteiger partial charge in [-0.3, -0.25) is 4.79 Å². The maximum absolute atomic E-state index is 12.6. The highest BCUT2D eigenvalue weighted by Gasteiger charge is 2.42. The third kappa shape index (κ3) is 2.14. The van der Waals surface area contributed by atoms with E-state index in [0.29, 0.717) is 12.2 Å². The third-order valence-corrected chi connectivity index (χ3v) is 5.05. The van der Waals surface area contributed by atoms with Gasteiger partial charge in [-0.15, -0.1) is 11.8 Å². The Hall–Kier alpha value is -1.69. The Morgan fingerprint density at radius 1 is 1.40 bits per heavy atom. The van der Waals surface area contributed by atoms with Crippen molar-refractivity contribution in [1.82, 2.24) is 4.90 Å². The zero-order valence-corrected chi connectivity index (χ0v) is 11.9. The van der Waals surface area contributed by atoms with Gasteiger partial charge in [0.25, 0.3) is 0 Å². The lowest BCUT2D eigenvalue weighted by atomic mass is 10.1. The molecule has 5 nitrogen and oxygen atoms in total. The number of carbonyl (C=O) groups excluding carboxylic acids is 1. The van der Waals surface area contributed by atoms with Crippen LogP contribution in [0.25, 0.3) is 0 Å². The normalized spacial score (nSPS) is 28.1. The first kappa shape index (κ1) is 13.3. The zero-order chi connectivity index (χ0) is 14.3. The number of hydrogen-bond acceptors (Lipinski definition) is 4. The fourth-order valence-corrected chi connectivity index (χ4v) is 3.97. The molecular formula is C14H16N2O3S. The summed E-state index contributed by atoms with van der Waals surface area (Å²) < 4.78 is 0. The second-order valence-electron chi connectivity index (χ2n) is 5.09. The predicted molar refractivity (Wildman–Crippen MR) is 77.7 cm³/mol. The van der Waals surface area contributed by atoms with E-state index in [1.165, 1.54) is 16.7 Å². The summed E-state index contributed by atoms with van der Waals surface area (Å²) in [5.41, 5.74) is 2.08. The van der Waals surface area contributed by atoms with Crippen molar-refractivity contribution in [3.63, 3.8) is 0 Å². The van der Waals surface area contributed by atoms with Gasteiger partial charge in [0.1, 0.15) is 12.1 Å². The Bertz CT molecular complexity index is 538. The molecule has 2 heterocycles. The SMILES string of the molecule is CC1SCC(C(=O)O)N1C(=O)C1Cc2ccccc2N1. The van der Waals surface area contributed by atoms with Gasteiger partial charge in [-0.2, -0.15) is 0 Å². The molecule has 3 rings (SSSR count). The number of hydrogen-bond donors (Lipinski definition) is 2. The van der Waals surface area contributed by atoms with Crippen LogP contribution in [-0.4, -0.2) is 45.1 Å². The molecular weight excluding hydrogens is 276 g/mol. The number of aliphatic carboxylic acids is 1. The van der Waals surface area contributed by atoms with Crippen molar-refractivity contribution in [2.45, 2.75) is 30.8 Å². The van der Waals surface area contributed by atoms with Gasteiger partial charge in [0, 0.05) is 17.9 Å². The molecule has 2 aliphatic heterocycles. The average Bonchev–Trinajstić information content (AvgIpc) is 3.01. The first-order valence-electron chi connectivity index (χ1n) is 6.59. The maximum Gasteiger partial charge on any atom is 0.327 e. The van der Waals surface area contributed by atoms with Crippen molar-refractivity contribution >= 4 is 29.3 Å². The Kier molecular flexibility index (Phi) is 3.33. The van der Waals surface area contributed by atoms with Crippen LogP contribution in [0, 0.1) is 0 Å². The van der Waals surface area contributed by atoms with Gasteiger partial charge < -0.3 is 15.3 Å². The monoisotopic (exact) mass is 292 g/mol. The molecule has 1 aromatic rings. The first-order valence-corrected chi connectivity index (χ1v) is 7.64. The van der Waals surface area contributed by atoms with Crippen molar-refractivity contribution in [3.05, 3.63) is 29.8 Å². The van der Waals surface area contributed by atoms with Crippen LogP contribution in [0.1, 0.15) is 12.5 Å². The Morgan fingerprint density at radius 2 is 2.15 bits per heavy atom. The topological polar surface area (TPSA) is 69.6 Å². The summed E-state index contributed by atoms with van der Waals surface area (Å²) >= 11 is 1.51. The van der Waals surface area contributed by atoms with Crippen molar-refractivity contribution in [3.8, 4) is 0 Å². The van der Waals surface area contributed by atoms with Gasteiger partial charge >= 0.3 is 5.97 Å². The zero-order valence-electron chi connectivity index (χ0n) is 11.1. The number of amides is 1. The molecule has 3 atom stereocenters. The van der Waals surface area contributed by atoms with Crippen LogP contribution in [0.4, 0.5) is 5.69 Å². The standard InChI is InChI=1S/C14H16N2O3S/c1-8-16(12(7-20-8)14(18)19)13(17)11-6-9-4-2-3-5-10(9)15-11/h2-5,8,11-12,15H,6-7H2,1H3,(H,18,19). The summed E-state index contributed by atoms with van der Waals surface area (Å²) in [6.45, 7) is 1.88. The lowest BCUT2D eigenvalue weighted by Crippen LogP contribution is -2.50. The molecule has 0 saturated carbocycles. The molecule has 0 aliphatic carbocycles. The summed E-state index contributed by atoms with van der Waals surface area (Å²) in [5.74, 6) is -0.584. The van der Waals surface area contributed by atoms with Crippen LogP contribution in [0.2, 0.25) is 0 Å². The van der Waals surface area contributed by atoms with Crippen LogP contribution in [0.5, 0.6) is 0 Å². The van der Waals surface area contributed by atoms with E-state index in [4.69, 9.17) is 0 Å². The van der Waals surface area contributed by atoms with Crippen LogP contribution in [0.15, 0.2) is 24.3 Å². The van der Waals surface area contributed by atoms with E-state index in [0.717, 1.165) is 11.3 Å². The molecule has 1 saturated heterocycles. The van der Waals surface area contributed by atoms with E-state index in [1.54, 1.807) is 0 Å². The number of carboxylic acid groups (broad SMARTS) is 1. The number of benzene rings is 1. The van der Waals surface area contributed by atoms with E-state index in [2.05, 4.69) is 5.32 Å². The molecule has 1 fully saturated rings. The number of thioether (sulfide) groups is 1. The van der Waals surface area contributed by atoms with Crippen LogP contribution < -0.4 is 5.32 Å². The minimum absolute atomic E-state index is 0.0888. The van der Waals surface area contributed by atoms with Gasteiger partial charge in [0.15, 0.2) is 0 Å². The summed E-state index contributed by atoms with van der Waals surface area (Å²) in [5, 5.41) is 12.3. The highest BCUT2D eigenvalue weighted by molar-refractivity contribution is 8.00. The third-order valence-electron chi connectivity index (χ3n) is 3.83. The summed E-state index contributed by atoms with van der Waals surface area (Å²) in [6, 6.07) is 6.74. The minimum Gasteiger partial charge on any atom is -0.480 e. The maximum atomic E-state index is 12.6. The van der Waals surface area contributed by atoms with E-state index in [1.807, 2.05) is 31.2 Å². The number of nitrogens with one attached hydrogen (secondary N) is 1. The molecule has 2 N–H and O–H groups in total. The van der Waals surface area contributed by atoms with E-state index >= 15 is 0 Å². The first-order chi connectivity index (χ1) is 9.58. The van der Waals surface area contributed by atoms with Gasteiger partial charge in [0.2, 0.25) is 5.91 Å². The highest BCUT2D eigenvalue weighted by Crippen LogP contribution is 2.32. The van der Waals surface area contributed by atoms with Crippen molar-refractivity contribution in [2.24, 2.45) is 0 Å². The largest absolute Gasteiger partial charge is 0.480 e. The number of rotatable bonds is 2. The number of carbonyl (C=O) groups is 2. The molecule has 2 aliphatic rings. The summed E-state index contributed by atoms with van der Waals surface area (Å²) in [6.07, 6.45) is 0.620. The fraction of sp³-hybridized carbons (Fsp3) is 0.429. The smallest absolute Gasteiger partial charge is 0.327 e. The molecule has 1 amide bonds. The van der Waals surface area contributed by atoms with Crippen molar-refractivity contribution in [1.29, 1.82) is 0 Å². The average molecular weight is 292 g/mol. The number of anilines is 1. The van der Waals surface area contributed by atoms with Crippen LogP contribution >= 0.6 is 11.8 Å². The Labute approximate surface area is 121 Å². The molecule has 0 spiro atoms. The highest BCUT2D eigenvalue weighted by atomic mass is 32.2. The quantitative estimate of drug-likeness (QED) is 0.862. The van der Waals surface area contributed by atoms with Gasteiger partial charge in [-0.25, -0.2) is 4.79 Å². The molecule has 6 heteroatoms. The number of nitrogens with zero attached hydrogens (tertiary/aromatic N) is 1. The number of carboxylic acids is 1. The number of fused-ring (bicyclic) bond motifs is 1. The summed E-state index contributed by atoms with van der Waals surface area (Å²) in [4.78, 5) is 25.4. The van der Waals surface area contributed by atoms with Crippen LogP contribution in [-0.2, 0) is 16.0 Å². The summed E-state index contributed by atoms with van der Waals surface area (Å²) in [7, 11) is 0. The molecule has 3 unspecified atom stereocenters. The molecule has 20 heavy (non-hydrogen) atoms. The van der Waals surface area contributed by atoms with E-state index in [9.17, 15) is 14.7 Å². The van der Waals surface area contributed by atoms with Crippen LogP contribution in [0.3, 0.4) is 0 Å². The Morgan fingerprint density at radius 3 is 2.85 bits per heavy atom. The van der Waals surface area contributed by atoms with Crippen molar-refractivity contribution in [2.75, 3.05) is 11.1 Å². The molecule has 0 radical (unpaired) electrons. The predicted octanol–water partition coefficient (Wildman–Crippen LogP) is 1.40. The van der Waals surface area contributed by atoms with Gasteiger partial charge in [-0.05, 0) is 18.6 Å². The lowest BCUT2D eigenvalue weighted by molar-refractivity contribution is -0.149. The van der Waals surface area contributed by atoms with Gasteiger partial charge in [-0.1, -0.05) is 18.2 Å². The van der Waals surface area contributed by atoms with E-state index in [-0.39, 0.29) is 17.3 Å². The Balaban J connectivity index is 1.79. The van der Waals surface area contributed by atoms with Gasteiger partial charge in [0.05, 0.1) is 5.37 Å². The fourth-order valence-electron chi connectivity index (χ4n) is 2.79. The minimum atomic E-state index is -0.925. The molecule has 1 aromatic carbocycles. The second kappa shape index (κ2) is 5.01. The molecule has 106 valence electrons. The molecule has 0 bridgehead atoms.